The van der Waals surface area contributed by atoms with Crippen molar-refractivity contribution >= 4 is 35.0 Å². The Balaban J connectivity index is 1.35. The van der Waals surface area contributed by atoms with Crippen molar-refractivity contribution in [1.82, 2.24) is 24.8 Å². The number of nitrogens with zero attached hydrogens (tertiary/aromatic N) is 6. The first-order valence-corrected chi connectivity index (χ1v) is 9.23. The van der Waals surface area contributed by atoms with Gasteiger partial charge < -0.3 is 15.1 Å². The number of piperazine rings is 1. The van der Waals surface area contributed by atoms with Crippen molar-refractivity contribution in [3.05, 3.63) is 65.8 Å². The second-order valence-corrected chi connectivity index (χ2v) is 6.68. The van der Waals surface area contributed by atoms with E-state index >= 15 is 0 Å². The maximum Gasteiger partial charge on any atom is 0.274 e. The molecule has 1 saturated heterocycles. The summed E-state index contributed by atoms with van der Waals surface area (Å²) in [6, 6.07) is 9.05. The van der Waals surface area contributed by atoms with Crippen LogP contribution in [0.4, 0.5) is 17.5 Å². The molecule has 0 unspecified atom stereocenters. The number of anilines is 3. The highest BCUT2D eigenvalue weighted by Gasteiger charge is 2.24. The van der Waals surface area contributed by atoms with E-state index in [9.17, 15) is 4.79 Å². The van der Waals surface area contributed by atoms with Crippen LogP contribution < -0.4 is 10.2 Å². The third kappa shape index (κ3) is 4.17. The van der Waals surface area contributed by atoms with E-state index < -0.39 is 0 Å². The molecule has 0 saturated carbocycles. The minimum Gasteiger partial charge on any atom is -0.339 e. The molecule has 3 heterocycles. The van der Waals surface area contributed by atoms with E-state index in [0.29, 0.717) is 48.7 Å². The molecule has 0 radical (unpaired) electrons. The van der Waals surface area contributed by atoms with Gasteiger partial charge in [0.15, 0.2) is 0 Å². The van der Waals surface area contributed by atoms with Crippen LogP contribution >= 0.6 is 11.6 Å². The number of carbonyl (C=O) groups is 1. The van der Waals surface area contributed by atoms with Gasteiger partial charge in [-0.2, -0.15) is 0 Å². The number of rotatable bonds is 4. The lowest BCUT2D eigenvalue weighted by Gasteiger charge is -2.34. The van der Waals surface area contributed by atoms with Crippen LogP contribution in [-0.2, 0) is 0 Å². The van der Waals surface area contributed by atoms with Crippen LogP contribution in [0.3, 0.4) is 0 Å². The fourth-order valence-electron chi connectivity index (χ4n) is 2.91. The van der Waals surface area contributed by atoms with Crippen molar-refractivity contribution in [2.24, 2.45) is 0 Å². The van der Waals surface area contributed by atoms with E-state index in [1.165, 1.54) is 6.20 Å². The zero-order valence-electron chi connectivity index (χ0n) is 15.0. The molecule has 1 aromatic carbocycles. The van der Waals surface area contributed by atoms with E-state index in [1.54, 1.807) is 41.7 Å². The maximum absolute atomic E-state index is 12.7. The van der Waals surface area contributed by atoms with Gasteiger partial charge in [0.1, 0.15) is 11.5 Å². The van der Waals surface area contributed by atoms with E-state index in [2.05, 4.69) is 30.2 Å². The average molecular weight is 396 g/mol. The summed E-state index contributed by atoms with van der Waals surface area (Å²) in [5.41, 5.74) is 1.17. The number of carbonyl (C=O) groups excluding carboxylic acids is 1. The third-order valence-electron chi connectivity index (χ3n) is 4.39. The molecule has 0 bridgehead atoms. The number of nitrogens with one attached hydrogen (secondary N) is 1. The summed E-state index contributed by atoms with van der Waals surface area (Å²) in [5.74, 6) is 1.12. The lowest BCUT2D eigenvalue weighted by molar-refractivity contribution is 0.0740. The monoisotopic (exact) mass is 395 g/mol. The molecule has 1 aliphatic heterocycles. The Bertz CT molecular complexity index is 927. The normalized spacial score (nSPS) is 14.0. The van der Waals surface area contributed by atoms with Crippen LogP contribution in [-0.4, -0.2) is 56.9 Å². The molecule has 0 spiro atoms. The largest absolute Gasteiger partial charge is 0.339 e. The van der Waals surface area contributed by atoms with Gasteiger partial charge in [-0.15, -0.1) is 0 Å². The molecule has 142 valence electrons. The summed E-state index contributed by atoms with van der Waals surface area (Å²) in [4.78, 5) is 33.6. The molecule has 3 aromatic rings. The molecule has 1 amide bonds. The molecule has 9 heteroatoms. The molecule has 1 N–H and O–H groups in total. The van der Waals surface area contributed by atoms with Gasteiger partial charge in [0, 0.05) is 49.3 Å². The van der Waals surface area contributed by atoms with Gasteiger partial charge in [-0.25, -0.2) is 19.9 Å². The van der Waals surface area contributed by atoms with Crippen molar-refractivity contribution in [2.45, 2.75) is 0 Å². The number of amides is 1. The van der Waals surface area contributed by atoms with E-state index in [-0.39, 0.29) is 5.91 Å². The first kappa shape index (κ1) is 18.1. The van der Waals surface area contributed by atoms with Gasteiger partial charge in [-0.05, 0) is 30.3 Å². The van der Waals surface area contributed by atoms with Crippen LogP contribution in [0, 0.1) is 0 Å². The SMILES string of the molecule is O=C(c1cnc(Nc2ccc(Cl)cc2)cn1)N1CCN(c2ncccn2)CC1. The molecule has 0 atom stereocenters. The summed E-state index contributed by atoms with van der Waals surface area (Å²) in [7, 11) is 0. The fraction of sp³-hybridized carbons (Fsp3) is 0.211. The van der Waals surface area contributed by atoms with Gasteiger partial charge >= 0.3 is 0 Å². The lowest BCUT2D eigenvalue weighted by Crippen LogP contribution is -2.49. The Hall–Kier alpha value is -3.26. The first-order valence-electron chi connectivity index (χ1n) is 8.85. The zero-order chi connectivity index (χ0) is 19.3. The number of aromatic nitrogens is 4. The molecular formula is C19H18ClN7O. The Kier molecular flexibility index (Phi) is 5.29. The van der Waals surface area contributed by atoms with E-state index in [4.69, 9.17) is 11.6 Å². The topological polar surface area (TPSA) is 87.1 Å². The van der Waals surface area contributed by atoms with Crippen molar-refractivity contribution in [3.63, 3.8) is 0 Å². The maximum atomic E-state index is 12.7. The van der Waals surface area contributed by atoms with E-state index in [1.807, 2.05) is 12.1 Å². The Morgan fingerprint density at radius 3 is 2.29 bits per heavy atom. The van der Waals surface area contributed by atoms with Crippen molar-refractivity contribution in [1.29, 1.82) is 0 Å². The predicted octanol–water partition coefficient (Wildman–Crippen LogP) is 2.63. The van der Waals surface area contributed by atoms with Crippen LogP contribution in [0.15, 0.2) is 55.1 Å². The molecule has 1 aliphatic rings. The van der Waals surface area contributed by atoms with Crippen molar-refractivity contribution in [3.8, 4) is 0 Å². The van der Waals surface area contributed by atoms with Crippen LogP contribution in [0.1, 0.15) is 10.5 Å². The highest BCUT2D eigenvalue weighted by molar-refractivity contribution is 6.30. The Morgan fingerprint density at radius 1 is 0.929 bits per heavy atom. The quantitative estimate of drug-likeness (QED) is 0.726. The fourth-order valence-corrected chi connectivity index (χ4v) is 3.04. The Morgan fingerprint density at radius 2 is 1.64 bits per heavy atom. The van der Waals surface area contributed by atoms with Gasteiger partial charge in [-0.1, -0.05) is 11.6 Å². The summed E-state index contributed by atoms with van der Waals surface area (Å²) in [6.45, 7) is 2.53. The molecule has 1 fully saturated rings. The van der Waals surface area contributed by atoms with Crippen molar-refractivity contribution in [2.75, 3.05) is 36.4 Å². The molecule has 4 rings (SSSR count). The molecule has 0 aliphatic carbocycles. The minimum atomic E-state index is -0.126. The summed E-state index contributed by atoms with van der Waals surface area (Å²) < 4.78 is 0. The van der Waals surface area contributed by atoms with Crippen LogP contribution in [0.2, 0.25) is 5.02 Å². The van der Waals surface area contributed by atoms with E-state index in [0.717, 1.165) is 5.69 Å². The number of halogens is 1. The lowest BCUT2D eigenvalue weighted by atomic mass is 10.3. The molecular weight excluding hydrogens is 378 g/mol. The van der Waals surface area contributed by atoms with Gasteiger partial charge in [0.25, 0.3) is 5.91 Å². The zero-order valence-corrected chi connectivity index (χ0v) is 15.8. The molecule has 28 heavy (non-hydrogen) atoms. The summed E-state index contributed by atoms with van der Waals surface area (Å²) >= 11 is 5.88. The minimum absolute atomic E-state index is 0.126. The second kappa shape index (κ2) is 8.18. The van der Waals surface area contributed by atoms with Gasteiger partial charge in [-0.3, -0.25) is 4.79 Å². The number of hydrogen-bond donors (Lipinski definition) is 1. The second-order valence-electron chi connectivity index (χ2n) is 6.25. The smallest absolute Gasteiger partial charge is 0.274 e. The molecule has 8 nitrogen and oxygen atoms in total. The summed E-state index contributed by atoms with van der Waals surface area (Å²) in [6.07, 6.45) is 6.48. The predicted molar refractivity (Wildman–Crippen MR) is 107 cm³/mol. The highest BCUT2D eigenvalue weighted by Crippen LogP contribution is 2.17. The average Bonchev–Trinajstić information content (AvgIpc) is 2.76. The van der Waals surface area contributed by atoms with Crippen molar-refractivity contribution < 1.29 is 4.79 Å². The van der Waals surface area contributed by atoms with Crippen LogP contribution in [0.5, 0.6) is 0 Å². The van der Waals surface area contributed by atoms with Crippen LogP contribution in [0.25, 0.3) is 0 Å². The Labute approximate surface area is 167 Å². The highest BCUT2D eigenvalue weighted by atomic mass is 35.5. The number of hydrogen-bond acceptors (Lipinski definition) is 7. The standard InChI is InChI=1S/C19H18ClN7O/c20-14-2-4-15(5-3-14)25-17-13-23-16(12-24-17)18(28)26-8-10-27(11-9-26)19-21-6-1-7-22-19/h1-7,12-13H,8-11H2,(H,24,25). The third-order valence-corrected chi connectivity index (χ3v) is 4.64. The summed E-state index contributed by atoms with van der Waals surface area (Å²) in [5, 5.41) is 3.79. The van der Waals surface area contributed by atoms with Gasteiger partial charge in [0.2, 0.25) is 5.95 Å². The van der Waals surface area contributed by atoms with Gasteiger partial charge in [0.05, 0.1) is 12.4 Å². The first-order chi connectivity index (χ1) is 13.7. The number of benzene rings is 1. The molecule has 2 aromatic heterocycles.